The number of carbonyl (C=O) groups excluding carboxylic acids is 1. The van der Waals surface area contributed by atoms with E-state index in [4.69, 9.17) is 9.47 Å². The molecule has 0 atom stereocenters. The fraction of sp³-hybridized carbons (Fsp3) is 0.150. The van der Waals surface area contributed by atoms with Gasteiger partial charge in [0.1, 0.15) is 5.75 Å². The zero-order chi connectivity index (χ0) is 19.4. The first-order valence-corrected chi connectivity index (χ1v) is 8.22. The Labute approximate surface area is 156 Å². The van der Waals surface area contributed by atoms with Gasteiger partial charge in [0.2, 0.25) is 11.3 Å². The fourth-order valence-corrected chi connectivity index (χ4v) is 2.56. The van der Waals surface area contributed by atoms with Crippen molar-refractivity contribution < 1.29 is 14.3 Å². The molecule has 1 aromatic heterocycles. The molecule has 1 heterocycles. The number of aryl methyl sites for hydroxylation is 1. The highest BCUT2D eigenvalue weighted by Gasteiger charge is 2.17. The molecular weight excluding hydrogens is 346 g/mol. The molecule has 27 heavy (non-hydrogen) atoms. The summed E-state index contributed by atoms with van der Waals surface area (Å²) in [5, 5.41) is 6.91. The van der Waals surface area contributed by atoms with E-state index in [9.17, 15) is 9.59 Å². The Kier molecular flexibility index (Phi) is 5.21. The van der Waals surface area contributed by atoms with Crippen LogP contribution in [0.4, 0.5) is 5.69 Å². The third-order valence-corrected chi connectivity index (χ3v) is 3.91. The number of methoxy groups -OCH3 is 2. The number of hydrogen-bond acceptors (Lipinski definition) is 5. The molecule has 7 nitrogen and oxygen atoms in total. The maximum Gasteiger partial charge on any atom is 0.280 e. The molecule has 0 bridgehead atoms. The van der Waals surface area contributed by atoms with Crippen LogP contribution in [0.15, 0.2) is 59.4 Å². The standard InChI is InChI=1S/C20H19N3O4/c1-13-5-4-6-14(11-13)21-20(25)19-17(24)12-18(27-3)23(22-19)15-7-9-16(26-2)10-8-15/h4-12H,1-3H3,(H,21,25). The minimum atomic E-state index is -0.587. The van der Waals surface area contributed by atoms with Gasteiger partial charge in [-0.05, 0) is 48.9 Å². The molecule has 1 amide bonds. The van der Waals surface area contributed by atoms with E-state index in [2.05, 4.69) is 10.4 Å². The zero-order valence-electron chi connectivity index (χ0n) is 15.2. The van der Waals surface area contributed by atoms with E-state index in [-0.39, 0.29) is 11.6 Å². The van der Waals surface area contributed by atoms with Crippen LogP contribution < -0.4 is 20.2 Å². The van der Waals surface area contributed by atoms with Crippen molar-refractivity contribution >= 4 is 11.6 Å². The van der Waals surface area contributed by atoms with Gasteiger partial charge in [-0.3, -0.25) is 9.59 Å². The molecule has 3 rings (SSSR count). The summed E-state index contributed by atoms with van der Waals surface area (Å²) in [4.78, 5) is 24.9. The molecule has 0 saturated carbocycles. The highest BCUT2D eigenvalue weighted by Crippen LogP contribution is 2.19. The average molecular weight is 365 g/mol. The average Bonchev–Trinajstić information content (AvgIpc) is 2.67. The second-order valence-electron chi connectivity index (χ2n) is 5.83. The Morgan fingerprint density at radius 2 is 1.78 bits per heavy atom. The Balaban J connectivity index is 2.00. The van der Waals surface area contributed by atoms with Crippen LogP contribution in [0.25, 0.3) is 5.69 Å². The maximum absolute atomic E-state index is 12.6. The quantitative estimate of drug-likeness (QED) is 0.752. The molecule has 0 saturated heterocycles. The summed E-state index contributed by atoms with van der Waals surface area (Å²) < 4.78 is 11.8. The van der Waals surface area contributed by atoms with E-state index in [0.29, 0.717) is 17.1 Å². The Morgan fingerprint density at radius 1 is 1.04 bits per heavy atom. The van der Waals surface area contributed by atoms with Crippen LogP contribution in [0, 0.1) is 6.92 Å². The first-order valence-electron chi connectivity index (χ1n) is 8.22. The highest BCUT2D eigenvalue weighted by molar-refractivity contribution is 6.02. The number of nitrogens with zero attached hydrogens (tertiary/aromatic N) is 2. The van der Waals surface area contributed by atoms with Gasteiger partial charge in [0, 0.05) is 5.69 Å². The highest BCUT2D eigenvalue weighted by atomic mass is 16.5. The molecule has 7 heteroatoms. The molecule has 2 aromatic carbocycles. The summed E-state index contributed by atoms with van der Waals surface area (Å²) in [5.74, 6) is 0.309. The summed E-state index contributed by atoms with van der Waals surface area (Å²) in [6.07, 6.45) is 0. The Morgan fingerprint density at radius 3 is 2.41 bits per heavy atom. The Hall–Kier alpha value is -3.61. The van der Waals surface area contributed by atoms with Gasteiger partial charge in [-0.1, -0.05) is 12.1 Å². The summed E-state index contributed by atoms with van der Waals surface area (Å²) in [7, 11) is 3.00. The largest absolute Gasteiger partial charge is 0.497 e. The first kappa shape index (κ1) is 18.2. The molecule has 0 aliphatic heterocycles. The number of aromatic nitrogens is 2. The van der Waals surface area contributed by atoms with Crippen LogP contribution in [0.3, 0.4) is 0 Å². The first-order chi connectivity index (χ1) is 13.0. The lowest BCUT2D eigenvalue weighted by Crippen LogP contribution is -2.26. The van der Waals surface area contributed by atoms with Gasteiger partial charge >= 0.3 is 0 Å². The van der Waals surface area contributed by atoms with Crippen molar-refractivity contribution in [3.63, 3.8) is 0 Å². The summed E-state index contributed by atoms with van der Waals surface area (Å²) in [6.45, 7) is 1.91. The third kappa shape index (κ3) is 3.98. The van der Waals surface area contributed by atoms with Crippen molar-refractivity contribution in [2.75, 3.05) is 19.5 Å². The molecule has 0 aliphatic rings. The van der Waals surface area contributed by atoms with Crippen LogP contribution in [0.5, 0.6) is 11.6 Å². The lowest BCUT2D eigenvalue weighted by atomic mass is 10.2. The van der Waals surface area contributed by atoms with Gasteiger partial charge in [0.05, 0.1) is 26.0 Å². The van der Waals surface area contributed by atoms with Crippen LogP contribution in [0.2, 0.25) is 0 Å². The van der Waals surface area contributed by atoms with Crippen molar-refractivity contribution in [2.24, 2.45) is 0 Å². The van der Waals surface area contributed by atoms with Gasteiger partial charge in [0.25, 0.3) is 5.91 Å². The Bertz CT molecular complexity index is 1030. The number of ether oxygens (including phenoxy) is 2. The summed E-state index contributed by atoms with van der Waals surface area (Å²) in [5.41, 5.74) is 1.45. The lowest BCUT2D eigenvalue weighted by Gasteiger charge is -2.13. The molecule has 0 unspecified atom stereocenters. The van der Waals surface area contributed by atoms with Crippen molar-refractivity contribution in [3.05, 3.63) is 76.1 Å². The minimum absolute atomic E-state index is 0.220. The number of benzene rings is 2. The molecular formula is C20H19N3O4. The maximum atomic E-state index is 12.6. The molecule has 0 aliphatic carbocycles. The van der Waals surface area contributed by atoms with E-state index in [1.54, 1.807) is 37.4 Å². The van der Waals surface area contributed by atoms with Crippen molar-refractivity contribution in [3.8, 4) is 17.3 Å². The van der Waals surface area contributed by atoms with Crippen LogP contribution in [-0.4, -0.2) is 29.9 Å². The molecule has 0 fully saturated rings. The van der Waals surface area contributed by atoms with Gasteiger partial charge in [-0.2, -0.15) is 5.10 Å². The smallest absolute Gasteiger partial charge is 0.280 e. The van der Waals surface area contributed by atoms with Gasteiger partial charge in [-0.25, -0.2) is 4.68 Å². The predicted octanol–water partition coefficient (Wildman–Crippen LogP) is 2.81. The molecule has 0 spiro atoms. The van der Waals surface area contributed by atoms with E-state index < -0.39 is 11.3 Å². The van der Waals surface area contributed by atoms with Crippen LogP contribution >= 0.6 is 0 Å². The van der Waals surface area contributed by atoms with Crippen LogP contribution in [-0.2, 0) is 0 Å². The fourth-order valence-electron chi connectivity index (χ4n) is 2.56. The number of hydrogen-bond donors (Lipinski definition) is 1. The van der Waals surface area contributed by atoms with E-state index in [1.807, 2.05) is 25.1 Å². The molecule has 0 radical (unpaired) electrons. The van der Waals surface area contributed by atoms with Gasteiger partial charge in [0.15, 0.2) is 5.69 Å². The number of amides is 1. The van der Waals surface area contributed by atoms with E-state index in [1.165, 1.54) is 17.9 Å². The van der Waals surface area contributed by atoms with Gasteiger partial charge in [-0.15, -0.1) is 0 Å². The zero-order valence-corrected chi connectivity index (χ0v) is 15.2. The number of rotatable bonds is 5. The third-order valence-electron chi connectivity index (χ3n) is 3.91. The number of carbonyl (C=O) groups is 1. The van der Waals surface area contributed by atoms with Crippen LogP contribution in [0.1, 0.15) is 16.1 Å². The number of anilines is 1. The van der Waals surface area contributed by atoms with Crippen molar-refractivity contribution in [1.82, 2.24) is 9.78 Å². The van der Waals surface area contributed by atoms with Gasteiger partial charge < -0.3 is 14.8 Å². The minimum Gasteiger partial charge on any atom is -0.497 e. The normalized spacial score (nSPS) is 10.3. The topological polar surface area (TPSA) is 82.5 Å². The number of nitrogens with one attached hydrogen (secondary N) is 1. The summed E-state index contributed by atoms with van der Waals surface area (Å²) >= 11 is 0. The lowest BCUT2D eigenvalue weighted by molar-refractivity contribution is 0.101. The monoisotopic (exact) mass is 365 g/mol. The molecule has 3 aromatic rings. The SMILES string of the molecule is COc1ccc(-n2nc(C(=O)Nc3cccc(C)c3)c(=O)cc2OC)cc1. The summed E-state index contributed by atoms with van der Waals surface area (Å²) in [6, 6.07) is 15.5. The molecule has 1 N–H and O–H groups in total. The second kappa shape index (κ2) is 7.74. The van der Waals surface area contributed by atoms with Crippen molar-refractivity contribution in [1.29, 1.82) is 0 Å². The molecule has 138 valence electrons. The van der Waals surface area contributed by atoms with E-state index >= 15 is 0 Å². The van der Waals surface area contributed by atoms with E-state index in [0.717, 1.165) is 5.56 Å². The second-order valence-corrected chi connectivity index (χ2v) is 5.83. The van der Waals surface area contributed by atoms with Crippen molar-refractivity contribution in [2.45, 2.75) is 6.92 Å². The predicted molar refractivity (Wildman–Crippen MR) is 102 cm³/mol.